The standard InChI is InChI=1S/C26H52N/c1-9-17-19-21-25(13-5,14-6)27(23-11-3,24-12-4)26(15-7,16-8)22-20-18-10-2/h11-12H,3-4,9-10,13-24H2,1-2,5-8H3/q+1. The summed E-state index contributed by atoms with van der Waals surface area (Å²) in [7, 11) is 0. The Morgan fingerprint density at radius 2 is 0.926 bits per heavy atom. The minimum absolute atomic E-state index is 0.329. The van der Waals surface area contributed by atoms with Gasteiger partial charge >= 0.3 is 0 Å². The van der Waals surface area contributed by atoms with Gasteiger partial charge in [-0.05, 0) is 50.7 Å². The zero-order chi connectivity index (χ0) is 20.8. The molecule has 1 nitrogen and oxygen atoms in total. The molecule has 0 fully saturated rings. The molecule has 0 atom stereocenters. The molecule has 0 aromatic carbocycles. The molecule has 0 saturated heterocycles. The lowest BCUT2D eigenvalue weighted by molar-refractivity contribution is -1.01. The average molecular weight is 379 g/mol. The van der Waals surface area contributed by atoms with Gasteiger partial charge in [0.2, 0.25) is 0 Å². The Hall–Kier alpha value is -0.560. The molecule has 0 aliphatic carbocycles. The van der Waals surface area contributed by atoms with Crippen LogP contribution >= 0.6 is 0 Å². The van der Waals surface area contributed by atoms with Crippen molar-refractivity contribution in [1.82, 2.24) is 0 Å². The van der Waals surface area contributed by atoms with Crippen molar-refractivity contribution in [2.45, 2.75) is 130 Å². The molecule has 0 aliphatic rings. The van der Waals surface area contributed by atoms with Crippen molar-refractivity contribution in [2.75, 3.05) is 13.1 Å². The fourth-order valence-corrected chi connectivity index (χ4v) is 6.05. The van der Waals surface area contributed by atoms with E-state index in [1.165, 1.54) is 81.5 Å². The van der Waals surface area contributed by atoms with Gasteiger partial charge < -0.3 is 4.48 Å². The van der Waals surface area contributed by atoms with Crippen LogP contribution in [0.1, 0.15) is 119 Å². The van der Waals surface area contributed by atoms with Gasteiger partial charge in [0.15, 0.2) is 0 Å². The molecule has 27 heavy (non-hydrogen) atoms. The highest BCUT2D eigenvalue weighted by molar-refractivity contribution is 4.94. The van der Waals surface area contributed by atoms with E-state index in [-0.39, 0.29) is 0 Å². The summed E-state index contributed by atoms with van der Waals surface area (Å²) in [5.74, 6) is 0. The molecular weight excluding hydrogens is 326 g/mol. The third-order valence-corrected chi connectivity index (χ3v) is 7.82. The highest BCUT2D eigenvalue weighted by Gasteiger charge is 2.57. The third kappa shape index (κ3) is 5.72. The Labute approximate surface area is 172 Å². The van der Waals surface area contributed by atoms with E-state index in [1.807, 2.05) is 0 Å². The SMILES string of the molecule is C=CC[N+](CC=C)(C(CC)(CC)CCCCC)C(CC)(CC)CCCCC. The predicted molar refractivity (Wildman–Crippen MR) is 125 cm³/mol. The normalized spacial score (nSPS) is 13.0. The third-order valence-electron chi connectivity index (χ3n) is 7.82. The largest absolute Gasteiger partial charge is 0.307 e. The van der Waals surface area contributed by atoms with Crippen LogP contribution in [0.5, 0.6) is 0 Å². The first-order chi connectivity index (χ1) is 13.0. The lowest BCUT2D eigenvalue weighted by atomic mass is 9.72. The van der Waals surface area contributed by atoms with Crippen LogP contribution in [-0.2, 0) is 0 Å². The molecule has 0 spiro atoms. The van der Waals surface area contributed by atoms with Gasteiger partial charge in [0, 0.05) is 12.8 Å². The Morgan fingerprint density at radius 1 is 0.593 bits per heavy atom. The fraction of sp³-hybridized carbons (Fsp3) is 0.846. The van der Waals surface area contributed by atoms with Crippen molar-refractivity contribution >= 4 is 0 Å². The van der Waals surface area contributed by atoms with E-state index >= 15 is 0 Å². The van der Waals surface area contributed by atoms with Gasteiger partial charge in [-0.15, -0.1) is 0 Å². The lowest BCUT2D eigenvalue weighted by Crippen LogP contribution is -2.74. The molecule has 0 aromatic rings. The molecule has 0 amide bonds. The number of hydrogen-bond donors (Lipinski definition) is 0. The first kappa shape index (κ1) is 26.4. The molecule has 160 valence electrons. The second-order valence-corrected chi connectivity index (χ2v) is 8.69. The maximum atomic E-state index is 4.23. The minimum Gasteiger partial charge on any atom is -0.307 e. The molecule has 0 bridgehead atoms. The number of quaternary nitrogens is 1. The van der Waals surface area contributed by atoms with E-state index in [0.717, 1.165) is 13.1 Å². The lowest BCUT2D eigenvalue weighted by Gasteiger charge is -2.63. The predicted octanol–water partition coefficient (Wildman–Crippen LogP) is 8.45. The van der Waals surface area contributed by atoms with Crippen LogP contribution < -0.4 is 0 Å². The summed E-state index contributed by atoms with van der Waals surface area (Å²) in [6.45, 7) is 25.0. The number of unbranched alkanes of at least 4 members (excludes halogenated alkanes) is 4. The molecular formula is C26H52N+. The van der Waals surface area contributed by atoms with Gasteiger partial charge in [0.25, 0.3) is 0 Å². The monoisotopic (exact) mass is 378 g/mol. The van der Waals surface area contributed by atoms with Crippen molar-refractivity contribution in [1.29, 1.82) is 0 Å². The van der Waals surface area contributed by atoms with E-state index in [2.05, 4.69) is 66.9 Å². The minimum atomic E-state index is 0.329. The molecule has 0 heterocycles. The van der Waals surface area contributed by atoms with Gasteiger partial charge in [0.05, 0.1) is 24.2 Å². The van der Waals surface area contributed by atoms with Gasteiger partial charge in [-0.1, -0.05) is 80.4 Å². The summed E-state index contributed by atoms with van der Waals surface area (Å²) in [5.41, 5.74) is 0.658. The van der Waals surface area contributed by atoms with Crippen LogP contribution in [0, 0.1) is 0 Å². The first-order valence-corrected chi connectivity index (χ1v) is 12.1. The Bertz CT molecular complexity index is 349. The molecule has 0 unspecified atom stereocenters. The van der Waals surface area contributed by atoms with Crippen molar-refractivity contribution < 1.29 is 4.48 Å². The smallest absolute Gasteiger partial charge is 0.0996 e. The summed E-state index contributed by atoms with van der Waals surface area (Å²) >= 11 is 0. The van der Waals surface area contributed by atoms with Crippen LogP contribution in [0.4, 0.5) is 0 Å². The second-order valence-electron chi connectivity index (χ2n) is 8.69. The van der Waals surface area contributed by atoms with E-state index < -0.39 is 0 Å². The highest BCUT2D eigenvalue weighted by atomic mass is 15.5. The number of hydrogen-bond acceptors (Lipinski definition) is 0. The Morgan fingerprint density at radius 3 is 1.15 bits per heavy atom. The zero-order valence-electron chi connectivity index (χ0n) is 19.9. The van der Waals surface area contributed by atoms with Gasteiger partial charge in [0.1, 0.15) is 0 Å². The fourth-order valence-electron chi connectivity index (χ4n) is 6.05. The Kier molecular flexibility index (Phi) is 13.3. The van der Waals surface area contributed by atoms with Gasteiger partial charge in [-0.2, -0.15) is 0 Å². The van der Waals surface area contributed by atoms with E-state index in [1.54, 1.807) is 0 Å². The molecule has 0 saturated carbocycles. The highest BCUT2D eigenvalue weighted by Crippen LogP contribution is 2.48. The van der Waals surface area contributed by atoms with Crippen molar-refractivity contribution in [3.05, 3.63) is 25.3 Å². The van der Waals surface area contributed by atoms with E-state index in [4.69, 9.17) is 0 Å². The van der Waals surface area contributed by atoms with Crippen molar-refractivity contribution in [2.24, 2.45) is 0 Å². The van der Waals surface area contributed by atoms with Gasteiger partial charge in [-0.3, -0.25) is 0 Å². The topological polar surface area (TPSA) is 0 Å². The molecule has 0 rings (SSSR count). The van der Waals surface area contributed by atoms with Crippen LogP contribution in [0.2, 0.25) is 0 Å². The van der Waals surface area contributed by atoms with Gasteiger partial charge in [-0.25, -0.2) is 0 Å². The van der Waals surface area contributed by atoms with Crippen LogP contribution in [0.3, 0.4) is 0 Å². The maximum absolute atomic E-state index is 4.23. The van der Waals surface area contributed by atoms with Crippen molar-refractivity contribution in [3.63, 3.8) is 0 Å². The summed E-state index contributed by atoms with van der Waals surface area (Å²) in [5, 5.41) is 0. The zero-order valence-corrected chi connectivity index (χ0v) is 19.9. The molecule has 0 aromatic heterocycles. The van der Waals surface area contributed by atoms with Crippen LogP contribution in [0.15, 0.2) is 25.3 Å². The number of rotatable bonds is 18. The van der Waals surface area contributed by atoms with Crippen LogP contribution in [0.25, 0.3) is 0 Å². The molecule has 0 aliphatic heterocycles. The summed E-state index contributed by atoms with van der Waals surface area (Å²) in [6.07, 6.45) is 20.1. The summed E-state index contributed by atoms with van der Waals surface area (Å²) in [4.78, 5) is 0. The van der Waals surface area contributed by atoms with E-state index in [0.29, 0.717) is 11.1 Å². The quantitative estimate of drug-likeness (QED) is 0.127. The van der Waals surface area contributed by atoms with Crippen molar-refractivity contribution in [3.8, 4) is 0 Å². The summed E-state index contributed by atoms with van der Waals surface area (Å²) in [6, 6.07) is 0. The Balaban J connectivity index is 6.42. The molecule has 1 heteroatoms. The van der Waals surface area contributed by atoms with E-state index in [9.17, 15) is 0 Å². The second kappa shape index (κ2) is 13.6. The average Bonchev–Trinajstić information content (AvgIpc) is 2.69. The molecule has 0 N–H and O–H groups in total. The maximum Gasteiger partial charge on any atom is 0.0996 e. The molecule has 0 radical (unpaired) electrons. The van der Waals surface area contributed by atoms with Crippen LogP contribution in [-0.4, -0.2) is 28.7 Å². The number of nitrogens with zero attached hydrogens (tertiary/aromatic N) is 1. The first-order valence-electron chi connectivity index (χ1n) is 12.1. The summed E-state index contributed by atoms with van der Waals surface area (Å²) < 4.78 is 1.18.